The number of carbonyl (C=O) groups excluding carboxylic acids is 1. The lowest BCUT2D eigenvalue weighted by atomic mass is 10.2. The highest BCUT2D eigenvalue weighted by Crippen LogP contribution is 1.91. The van der Waals surface area contributed by atoms with Gasteiger partial charge in [-0.1, -0.05) is 0 Å². The van der Waals surface area contributed by atoms with Crippen LogP contribution in [0.5, 0.6) is 0 Å². The van der Waals surface area contributed by atoms with Gasteiger partial charge < -0.3 is 15.2 Å². The molecule has 82 valence electrons. The largest absolute Gasteiger partial charge is 0.481 e. The third kappa shape index (κ3) is 7.54. The van der Waals surface area contributed by atoms with Crippen molar-refractivity contribution in [3.63, 3.8) is 0 Å². The van der Waals surface area contributed by atoms with Crippen molar-refractivity contribution in [3.05, 3.63) is 0 Å². The van der Waals surface area contributed by atoms with Gasteiger partial charge in [-0.3, -0.25) is 9.59 Å². The molecule has 0 aliphatic heterocycles. The van der Waals surface area contributed by atoms with E-state index in [2.05, 4.69) is 5.32 Å². The van der Waals surface area contributed by atoms with Crippen LogP contribution in [0.2, 0.25) is 0 Å². The second-order valence-corrected chi connectivity index (χ2v) is 3.02. The minimum Gasteiger partial charge on any atom is -0.481 e. The number of carboxylic acids is 1. The second kappa shape index (κ2) is 7.32. The summed E-state index contributed by atoms with van der Waals surface area (Å²) in [6, 6.07) is -0.0729. The lowest BCUT2D eigenvalue weighted by molar-refractivity contribution is -0.139. The second-order valence-electron chi connectivity index (χ2n) is 3.02. The molecule has 0 heterocycles. The summed E-state index contributed by atoms with van der Waals surface area (Å²) in [5.41, 5.74) is 0. The average Bonchev–Trinajstić information content (AvgIpc) is 2.11. The summed E-state index contributed by atoms with van der Waals surface area (Å²) < 4.78 is 5.09. The SMILES string of the molecule is CCOCC(C)NC(=O)CCC(=O)O. The van der Waals surface area contributed by atoms with Crippen LogP contribution in [0, 0.1) is 0 Å². The molecule has 0 saturated heterocycles. The van der Waals surface area contributed by atoms with Crippen LogP contribution in [0.15, 0.2) is 0 Å². The Hall–Kier alpha value is -1.10. The van der Waals surface area contributed by atoms with Crippen molar-refractivity contribution in [2.75, 3.05) is 13.2 Å². The van der Waals surface area contributed by atoms with Crippen LogP contribution in [0.4, 0.5) is 0 Å². The van der Waals surface area contributed by atoms with Gasteiger partial charge in [0.2, 0.25) is 5.91 Å². The fourth-order valence-electron chi connectivity index (χ4n) is 0.904. The molecule has 0 radical (unpaired) electrons. The molecule has 0 aliphatic rings. The normalized spacial score (nSPS) is 12.1. The predicted octanol–water partition coefficient (Wildman–Crippen LogP) is 0.392. The Bertz CT molecular complexity index is 193. The third-order valence-corrected chi connectivity index (χ3v) is 1.55. The molecule has 1 unspecified atom stereocenters. The summed E-state index contributed by atoms with van der Waals surface area (Å²) in [6.07, 6.45) is -0.112. The number of carbonyl (C=O) groups is 2. The molecule has 1 atom stereocenters. The van der Waals surface area contributed by atoms with Gasteiger partial charge >= 0.3 is 5.97 Å². The summed E-state index contributed by atoms with van der Waals surface area (Å²) in [7, 11) is 0. The number of nitrogens with one attached hydrogen (secondary N) is 1. The standard InChI is InChI=1S/C9H17NO4/c1-3-14-6-7(2)10-8(11)4-5-9(12)13/h7H,3-6H2,1-2H3,(H,10,11)(H,12,13). The van der Waals surface area contributed by atoms with E-state index >= 15 is 0 Å². The van der Waals surface area contributed by atoms with Crippen molar-refractivity contribution in [2.45, 2.75) is 32.7 Å². The van der Waals surface area contributed by atoms with Crippen LogP contribution >= 0.6 is 0 Å². The molecule has 2 N–H and O–H groups in total. The fraction of sp³-hybridized carbons (Fsp3) is 0.778. The Labute approximate surface area is 83.4 Å². The molecule has 0 aromatic heterocycles. The van der Waals surface area contributed by atoms with Gasteiger partial charge in [-0.05, 0) is 13.8 Å². The van der Waals surface area contributed by atoms with Crippen molar-refractivity contribution < 1.29 is 19.4 Å². The van der Waals surface area contributed by atoms with E-state index in [4.69, 9.17) is 9.84 Å². The predicted molar refractivity (Wildman–Crippen MR) is 51.0 cm³/mol. The van der Waals surface area contributed by atoms with Crippen LogP contribution in [0.3, 0.4) is 0 Å². The smallest absolute Gasteiger partial charge is 0.303 e. The summed E-state index contributed by atoms with van der Waals surface area (Å²) >= 11 is 0. The van der Waals surface area contributed by atoms with Crippen LogP contribution < -0.4 is 5.32 Å². The molecular formula is C9H17NO4. The van der Waals surface area contributed by atoms with E-state index in [1.807, 2.05) is 13.8 Å². The molecule has 0 bridgehead atoms. The number of rotatable bonds is 7. The maximum atomic E-state index is 11.1. The molecular weight excluding hydrogens is 186 g/mol. The number of ether oxygens (including phenoxy) is 1. The van der Waals surface area contributed by atoms with Gasteiger partial charge in [-0.25, -0.2) is 0 Å². The Balaban J connectivity index is 3.55. The first-order valence-corrected chi connectivity index (χ1v) is 4.65. The maximum absolute atomic E-state index is 11.1. The number of aliphatic carboxylic acids is 1. The first-order chi connectivity index (χ1) is 6.56. The minimum atomic E-state index is -0.961. The van der Waals surface area contributed by atoms with E-state index < -0.39 is 5.97 Å². The van der Waals surface area contributed by atoms with Crippen LogP contribution in [0.1, 0.15) is 26.7 Å². The third-order valence-electron chi connectivity index (χ3n) is 1.55. The topological polar surface area (TPSA) is 75.6 Å². The minimum absolute atomic E-state index is 0.0196. The van der Waals surface area contributed by atoms with Gasteiger partial charge in [-0.15, -0.1) is 0 Å². The molecule has 0 spiro atoms. The monoisotopic (exact) mass is 203 g/mol. The lowest BCUT2D eigenvalue weighted by Gasteiger charge is -2.12. The summed E-state index contributed by atoms with van der Waals surface area (Å²) in [6.45, 7) is 4.75. The van der Waals surface area contributed by atoms with Gasteiger partial charge in [0.15, 0.2) is 0 Å². The Morgan fingerprint density at radius 3 is 2.57 bits per heavy atom. The van der Waals surface area contributed by atoms with Crippen LogP contribution in [-0.2, 0) is 14.3 Å². The van der Waals surface area contributed by atoms with Gasteiger partial charge in [0.05, 0.1) is 13.0 Å². The summed E-state index contributed by atoms with van der Waals surface area (Å²) in [4.78, 5) is 21.2. The molecule has 14 heavy (non-hydrogen) atoms. The molecule has 1 amide bonds. The van der Waals surface area contributed by atoms with E-state index in [1.54, 1.807) is 0 Å². The fourth-order valence-corrected chi connectivity index (χ4v) is 0.904. The highest BCUT2D eigenvalue weighted by Gasteiger charge is 2.08. The Kier molecular flexibility index (Phi) is 6.74. The maximum Gasteiger partial charge on any atom is 0.303 e. The molecule has 0 fully saturated rings. The first-order valence-electron chi connectivity index (χ1n) is 4.65. The molecule has 0 saturated carbocycles. The quantitative estimate of drug-likeness (QED) is 0.627. The van der Waals surface area contributed by atoms with Crippen molar-refractivity contribution >= 4 is 11.9 Å². The molecule has 5 heteroatoms. The summed E-state index contributed by atoms with van der Waals surface area (Å²) in [5.74, 6) is -1.21. The molecule has 5 nitrogen and oxygen atoms in total. The Morgan fingerprint density at radius 2 is 2.07 bits per heavy atom. The zero-order valence-electron chi connectivity index (χ0n) is 8.58. The number of carboxylic acid groups (broad SMARTS) is 1. The average molecular weight is 203 g/mol. The van der Waals surface area contributed by atoms with E-state index in [0.717, 1.165) is 0 Å². The first kappa shape index (κ1) is 12.9. The van der Waals surface area contributed by atoms with Gasteiger partial charge in [0.1, 0.15) is 0 Å². The van der Waals surface area contributed by atoms with Gasteiger partial charge in [-0.2, -0.15) is 0 Å². The Morgan fingerprint density at radius 1 is 1.43 bits per heavy atom. The highest BCUT2D eigenvalue weighted by atomic mass is 16.5. The number of amides is 1. The van der Waals surface area contributed by atoms with E-state index in [0.29, 0.717) is 13.2 Å². The molecule has 0 aromatic rings. The van der Waals surface area contributed by atoms with E-state index in [1.165, 1.54) is 0 Å². The highest BCUT2D eigenvalue weighted by molar-refractivity contribution is 5.80. The lowest BCUT2D eigenvalue weighted by Crippen LogP contribution is -2.36. The van der Waals surface area contributed by atoms with Crippen molar-refractivity contribution in [3.8, 4) is 0 Å². The summed E-state index contributed by atoms with van der Waals surface area (Å²) in [5, 5.41) is 11.0. The van der Waals surface area contributed by atoms with Gasteiger partial charge in [0.25, 0.3) is 0 Å². The molecule has 0 rings (SSSR count). The number of hydrogen-bond donors (Lipinski definition) is 2. The zero-order chi connectivity index (χ0) is 11.0. The number of hydrogen-bond acceptors (Lipinski definition) is 3. The van der Waals surface area contributed by atoms with E-state index in [9.17, 15) is 9.59 Å². The molecule has 0 aliphatic carbocycles. The van der Waals surface area contributed by atoms with Crippen molar-refractivity contribution in [1.29, 1.82) is 0 Å². The molecule has 0 aromatic carbocycles. The van der Waals surface area contributed by atoms with E-state index in [-0.39, 0.29) is 24.8 Å². The van der Waals surface area contributed by atoms with Gasteiger partial charge in [0, 0.05) is 19.1 Å². The van der Waals surface area contributed by atoms with Crippen LogP contribution in [0.25, 0.3) is 0 Å². The zero-order valence-corrected chi connectivity index (χ0v) is 8.58. The van der Waals surface area contributed by atoms with Crippen molar-refractivity contribution in [1.82, 2.24) is 5.32 Å². The van der Waals surface area contributed by atoms with Crippen molar-refractivity contribution in [2.24, 2.45) is 0 Å². The van der Waals surface area contributed by atoms with Crippen LogP contribution in [-0.4, -0.2) is 36.2 Å².